The first-order valence-electron chi connectivity index (χ1n) is 10.6. The molecule has 4 rings (SSSR count). The highest BCUT2D eigenvalue weighted by atomic mass is 35.5. The number of carbonyl (C=O) groups is 1. The second kappa shape index (κ2) is 9.62. The van der Waals surface area contributed by atoms with Crippen molar-refractivity contribution < 1.29 is 9.32 Å². The largest absolute Gasteiger partial charge is 0.337 e. The van der Waals surface area contributed by atoms with Crippen LogP contribution in [0.3, 0.4) is 0 Å². The number of rotatable bonds is 6. The molecule has 6 nitrogen and oxygen atoms in total. The molecule has 0 unspecified atom stereocenters. The number of carbonyl (C=O) groups excluding carboxylic acids is 1. The number of likely N-dealkylation sites (tertiary alicyclic amines) is 1. The Hall–Kier alpha value is -2.70. The van der Waals surface area contributed by atoms with Gasteiger partial charge in [0.2, 0.25) is 17.6 Å². The van der Waals surface area contributed by atoms with Crippen molar-refractivity contribution in [1.29, 1.82) is 0 Å². The van der Waals surface area contributed by atoms with E-state index < -0.39 is 0 Å². The molecule has 1 aromatic heterocycles. The van der Waals surface area contributed by atoms with E-state index in [-0.39, 0.29) is 11.8 Å². The minimum absolute atomic E-state index is 0.0316. The summed E-state index contributed by atoms with van der Waals surface area (Å²) < 4.78 is 5.35. The Morgan fingerprint density at radius 3 is 2.61 bits per heavy atom. The normalized spacial score (nSPS) is 15.2. The molecule has 0 aliphatic carbocycles. The Balaban J connectivity index is 1.30. The average molecular weight is 439 g/mol. The molecule has 0 atom stereocenters. The van der Waals surface area contributed by atoms with E-state index in [1.807, 2.05) is 18.2 Å². The van der Waals surface area contributed by atoms with Crippen LogP contribution in [0.25, 0.3) is 11.4 Å². The Morgan fingerprint density at radius 2 is 1.87 bits per heavy atom. The van der Waals surface area contributed by atoms with Gasteiger partial charge in [0.05, 0.1) is 11.6 Å². The highest BCUT2D eigenvalue weighted by molar-refractivity contribution is 6.33. The molecule has 0 saturated carbocycles. The van der Waals surface area contributed by atoms with E-state index in [4.69, 9.17) is 16.1 Å². The number of aryl methyl sites for hydroxylation is 1. The van der Waals surface area contributed by atoms with E-state index in [2.05, 4.69) is 46.2 Å². The Kier molecular flexibility index (Phi) is 6.68. The van der Waals surface area contributed by atoms with Crippen molar-refractivity contribution in [2.24, 2.45) is 5.92 Å². The average Bonchev–Trinajstić information content (AvgIpc) is 3.24. The Bertz CT molecular complexity index is 1040. The summed E-state index contributed by atoms with van der Waals surface area (Å²) in [6.45, 7) is 5.23. The number of benzene rings is 2. The predicted molar refractivity (Wildman–Crippen MR) is 120 cm³/mol. The number of hydrogen-bond donors (Lipinski definition) is 0. The van der Waals surface area contributed by atoms with E-state index in [0.717, 1.165) is 32.5 Å². The van der Waals surface area contributed by atoms with Gasteiger partial charge in [0.25, 0.3) is 0 Å². The van der Waals surface area contributed by atoms with E-state index in [0.29, 0.717) is 28.8 Å². The van der Waals surface area contributed by atoms with Crippen LogP contribution in [0.2, 0.25) is 5.02 Å². The molecule has 1 amide bonds. The minimum Gasteiger partial charge on any atom is -0.337 e. The highest BCUT2D eigenvalue weighted by Gasteiger charge is 2.28. The van der Waals surface area contributed by atoms with E-state index in [1.165, 1.54) is 11.1 Å². The molecule has 2 aromatic carbocycles. The smallest absolute Gasteiger partial charge is 0.246 e. The summed E-state index contributed by atoms with van der Waals surface area (Å²) in [6.07, 6.45) is 1.73. The summed E-state index contributed by atoms with van der Waals surface area (Å²) in [5, 5.41) is 4.58. The van der Waals surface area contributed by atoms with Gasteiger partial charge in [-0.15, -0.1) is 0 Å². The standard InChI is InChI=1S/C24H27ClN4O2/c1-17-7-3-4-8-19(17)15-29-13-11-18(12-14-29)24(30)28(2)16-22-26-23(27-31-22)20-9-5-6-10-21(20)25/h3-10,18H,11-16H2,1-2H3. The van der Waals surface area contributed by atoms with Gasteiger partial charge in [-0.05, 0) is 56.1 Å². The first-order valence-corrected chi connectivity index (χ1v) is 11.0. The van der Waals surface area contributed by atoms with Gasteiger partial charge in [0.15, 0.2) is 0 Å². The van der Waals surface area contributed by atoms with Crippen LogP contribution in [-0.2, 0) is 17.9 Å². The van der Waals surface area contributed by atoms with Crippen LogP contribution in [0.5, 0.6) is 0 Å². The molecular weight excluding hydrogens is 412 g/mol. The molecule has 1 aliphatic heterocycles. The fourth-order valence-electron chi connectivity index (χ4n) is 4.03. The highest BCUT2D eigenvalue weighted by Crippen LogP contribution is 2.26. The fraction of sp³-hybridized carbons (Fsp3) is 0.375. The molecule has 2 heterocycles. The maximum absolute atomic E-state index is 12.9. The van der Waals surface area contributed by atoms with Crippen molar-refractivity contribution in [2.75, 3.05) is 20.1 Å². The van der Waals surface area contributed by atoms with Crippen LogP contribution in [0.1, 0.15) is 29.9 Å². The van der Waals surface area contributed by atoms with Crippen LogP contribution < -0.4 is 0 Å². The van der Waals surface area contributed by atoms with Crippen LogP contribution in [0, 0.1) is 12.8 Å². The van der Waals surface area contributed by atoms with Gasteiger partial charge >= 0.3 is 0 Å². The molecule has 0 radical (unpaired) electrons. The first-order chi connectivity index (χ1) is 15.0. The third kappa shape index (κ3) is 5.14. The topological polar surface area (TPSA) is 62.5 Å². The molecule has 3 aromatic rings. The van der Waals surface area contributed by atoms with Crippen molar-refractivity contribution in [3.05, 3.63) is 70.6 Å². The van der Waals surface area contributed by atoms with Gasteiger partial charge in [0, 0.05) is 25.1 Å². The van der Waals surface area contributed by atoms with Gasteiger partial charge in [-0.3, -0.25) is 9.69 Å². The Labute approximate surface area is 187 Å². The van der Waals surface area contributed by atoms with Gasteiger partial charge < -0.3 is 9.42 Å². The van der Waals surface area contributed by atoms with Crippen LogP contribution in [0.4, 0.5) is 0 Å². The van der Waals surface area contributed by atoms with Gasteiger partial charge in [0.1, 0.15) is 0 Å². The SMILES string of the molecule is Cc1ccccc1CN1CCC(C(=O)N(C)Cc2nc(-c3ccccc3Cl)no2)CC1. The van der Waals surface area contributed by atoms with Crippen molar-refractivity contribution in [3.8, 4) is 11.4 Å². The third-order valence-electron chi connectivity index (χ3n) is 5.92. The lowest BCUT2D eigenvalue weighted by Crippen LogP contribution is -2.40. The summed E-state index contributed by atoms with van der Waals surface area (Å²) in [7, 11) is 1.79. The summed E-state index contributed by atoms with van der Waals surface area (Å²) in [5.74, 6) is 1.01. The van der Waals surface area contributed by atoms with Crippen LogP contribution in [-0.4, -0.2) is 46.0 Å². The number of hydrogen-bond acceptors (Lipinski definition) is 5. The molecule has 31 heavy (non-hydrogen) atoms. The molecule has 1 saturated heterocycles. The first kappa shape index (κ1) is 21.5. The quantitative estimate of drug-likeness (QED) is 0.564. The number of aromatic nitrogens is 2. The van der Waals surface area contributed by atoms with Crippen molar-refractivity contribution in [1.82, 2.24) is 19.9 Å². The van der Waals surface area contributed by atoms with Gasteiger partial charge in [-0.1, -0.05) is 53.2 Å². The zero-order valence-corrected chi connectivity index (χ0v) is 18.7. The second-order valence-corrected chi connectivity index (χ2v) is 8.57. The molecular formula is C24H27ClN4O2. The van der Waals surface area contributed by atoms with Gasteiger partial charge in [-0.2, -0.15) is 4.98 Å². The predicted octanol–water partition coefficient (Wildman–Crippen LogP) is 4.57. The molecule has 1 fully saturated rings. The minimum atomic E-state index is 0.0316. The molecule has 0 spiro atoms. The second-order valence-electron chi connectivity index (χ2n) is 8.16. The summed E-state index contributed by atoms with van der Waals surface area (Å²) in [6, 6.07) is 15.8. The molecule has 7 heteroatoms. The lowest BCUT2D eigenvalue weighted by Gasteiger charge is -2.33. The molecule has 162 valence electrons. The van der Waals surface area contributed by atoms with Gasteiger partial charge in [-0.25, -0.2) is 0 Å². The van der Waals surface area contributed by atoms with Crippen molar-refractivity contribution in [3.63, 3.8) is 0 Å². The number of halogens is 1. The van der Waals surface area contributed by atoms with Crippen LogP contribution >= 0.6 is 11.6 Å². The van der Waals surface area contributed by atoms with Crippen molar-refractivity contribution in [2.45, 2.75) is 32.9 Å². The summed E-state index contributed by atoms with van der Waals surface area (Å²) in [5.41, 5.74) is 3.39. The number of amides is 1. The summed E-state index contributed by atoms with van der Waals surface area (Å²) >= 11 is 6.21. The number of piperidine rings is 1. The zero-order chi connectivity index (χ0) is 21.8. The van der Waals surface area contributed by atoms with Crippen molar-refractivity contribution >= 4 is 17.5 Å². The third-order valence-corrected chi connectivity index (χ3v) is 6.25. The maximum atomic E-state index is 12.9. The number of nitrogens with zero attached hydrogens (tertiary/aromatic N) is 4. The Morgan fingerprint density at radius 1 is 1.16 bits per heavy atom. The molecule has 0 N–H and O–H groups in total. The lowest BCUT2D eigenvalue weighted by molar-refractivity contribution is -0.136. The van der Waals surface area contributed by atoms with Crippen LogP contribution in [0.15, 0.2) is 53.1 Å². The monoisotopic (exact) mass is 438 g/mol. The molecule has 1 aliphatic rings. The van der Waals surface area contributed by atoms with E-state index in [1.54, 1.807) is 18.0 Å². The lowest BCUT2D eigenvalue weighted by atomic mass is 9.94. The van der Waals surface area contributed by atoms with E-state index in [9.17, 15) is 4.79 Å². The zero-order valence-electron chi connectivity index (χ0n) is 17.9. The summed E-state index contributed by atoms with van der Waals surface area (Å²) in [4.78, 5) is 21.5. The maximum Gasteiger partial charge on any atom is 0.246 e. The molecule has 0 bridgehead atoms. The fourth-order valence-corrected chi connectivity index (χ4v) is 4.25. The van der Waals surface area contributed by atoms with E-state index >= 15 is 0 Å².